The Labute approximate surface area is 183 Å². The lowest BCUT2D eigenvalue weighted by atomic mass is 9.78. The van der Waals surface area contributed by atoms with Crippen LogP contribution in [0, 0.1) is 11.2 Å². The molecule has 1 heterocycles. The maximum Gasteiger partial charge on any atom is 0.304 e. The summed E-state index contributed by atoms with van der Waals surface area (Å²) in [4.78, 5) is 13.1. The number of rotatable bonds is 10. The molecule has 1 aliphatic heterocycles. The van der Waals surface area contributed by atoms with Gasteiger partial charge < -0.3 is 20.1 Å². The second-order valence-electron chi connectivity index (χ2n) is 8.97. The van der Waals surface area contributed by atoms with Gasteiger partial charge in [-0.3, -0.25) is 4.79 Å². The lowest BCUT2D eigenvalue weighted by Crippen LogP contribution is -2.49. The van der Waals surface area contributed by atoms with Gasteiger partial charge in [0.05, 0.1) is 13.0 Å². The molecule has 6 heteroatoms. The molecule has 2 aliphatic rings. The van der Waals surface area contributed by atoms with Gasteiger partial charge in [-0.15, -0.1) is 0 Å². The first-order chi connectivity index (χ1) is 15.0. The summed E-state index contributed by atoms with van der Waals surface area (Å²) >= 11 is 0. The number of hydrogen-bond donors (Lipinski definition) is 2. The van der Waals surface area contributed by atoms with E-state index in [0.29, 0.717) is 30.9 Å². The molecule has 1 saturated heterocycles. The van der Waals surface area contributed by atoms with Crippen molar-refractivity contribution in [3.8, 4) is 5.75 Å². The van der Waals surface area contributed by atoms with E-state index in [1.165, 1.54) is 17.7 Å². The topological polar surface area (TPSA) is 61.8 Å². The third kappa shape index (κ3) is 6.05. The van der Waals surface area contributed by atoms with Crippen molar-refractivity contribution >= 4 is 5.97 Å². The fraction of sp³-hybridized carbons (Fsp3) is 0.480. The highest BCUT2D eigenvalue weighted by Crippen LogP contribution is 2.42. The molecule has 5 nitrogen and oxygen atoms in total. The molecule has 1 unspecified atom stereocenters. The molecule has 0 bridgehead atoms. The Morgan fingerprint density at radius 1 is 1.13 bits per heavy atom. The maximum absolute atomic E-state index is 13.2. The number of piperidine rings is 1. The summed E-state index contributed by atoms with van der Waals surface area (Å²) in [7, 11) is 0. The predicted octanol–water partition coefficient (Wildman–Crippen LogP) is 3.91. The number of nitrogens with one attached hydrogen (secondary N) is 1. The zero-order chi connectivity index (χ0) is 21.7. The summed E-state index contributed by atoms with van der Waals surface area (Å²) in [6.07, 6.45) is 3.23. The number of halogens is 1. The van der Waals surface area contributed by atoms with E-state index in [1.807, 2.05) is 6.07 Å². The van der Waals surface area contributed by atoms with Gasteiger partial charge in [0.25, 0.3) is 0 Å². The van der Waals surface area contributed by atoms with Crippen molar-refractivity contribution in [2.75, 3.05) is 32.8 Å². The van der Waals surface area contributed by atoms with Gasteiger partial charge in [-0.1, -0.05) is 30.3 Å². The summed E-state index contributed by atoms with van der Waals surface area (Å²) in [6, 6.07) is 17.3. The first kappa shape index (κ1) is 21.8. The van der Waals surface area contributed by atoms with Crippen LogP contribution in [0.5, 0.6) is 5.75 Å². The Bertz CT molecular complexity index is 851. The third-order valence-electron chi connectivity index (χ3n) is 6.67. The average molecular weight is 427 g/mol. The van der Waals surface area contributed by atoms with Gasteiger partial charge in [0.15, 0.2) is 0 Å². The highest BCUT2D eigenvalue weighted by Gasteiger charge is 2.41. The van der Waals surface area contributed by atoms with Crippen LogP contribution in [0.4, 0.5) is 4.39 Å². The molecule has 2 fully saturated rings. The van der Waals surface area contributed by atoms with Gasteiger partial charge in [-0.05, 0) is 62.2 Å². The van der Waals surface area contributed by atoms with Crippen LogP contribution in [0.2, 0.25) is 0 Å². The predicted molar refractivity (Wildman–Crippen MR) is 118 cm³/mol. The number of benzene rings is 2. The van der Waals surface area contributed by atoms with Gasteiger partial charge in [0.2, 0.25) is 0 Å². The largest absolute Gasteiger partial charge is 0.493 e. The van der Waals surface area contributed by atoms with Gasteiger partial charge in [-0.25, -0.2) is 4.39 Å². The van der Waals surface area contributed by atoms with E-state index in [4.69, 9.17) is 9.84 Å². The van der Waals surface area contributed by atoms with Crippen molar-refractivity contribution in [2.45, 2.75) is 37.6 Å². The highest BCUT2D eigenvalue weighted by atomic mass is 19.1. The quantitative estimate of drug-likeness (QED) is 0.603. The van der Waals surface area contributed by atoms with Crippen LogP contribution in [0.3, 0.4) is 0 Å². The zero-order valence-electron chi connectivity index (χ0n) is 17.8. The summed E-state index contributed by atoms with van der Waals surface area (Å²) in [5.74, 6) is 0.240. The molecule has 2 aromatic rings. The SMILES string of the molecule is O=C(O)CCN1CCC(CN[C@@H]2CC2c2ccccc2)(COc2ccc(F)cc2)CC1. The summed E-state index contributed by atoms with van der Waals surface area (Å²) in [6.45, 7) is 3.77. The van der Waals surface area contributed by atoms with Crippen LogP contribution in [0.25, 0.3) is 0 Å². The molecular formula is C25H31FN2O3. The minimum absolute atomic E-state index is 0.0159. The van der Waals surface area contributed by atoms with Crippen LogP contribution in [-0.4, -0.2) is 54.8 Å². The zero-order valence-corrected chi connectivity index (χ0v) is 17.8. The number of ether oxygens (including phenoxy) is 1. The standard InChI is InChI=1S/C25H31FN2O3/c26-20-6-8-21(9-7-20)31-18-25(11-14-28(15-12-25)13-10-24(29)30)17-27-23-16-22(23)19-4-2-1-3-5-19/h1-9,22-23,27H,10-18H2,(H,29,30)/t22?,23-/m1/s1. The number of carbonyl (C=O) groups is 1. The number of aliphatic carboxylic acids is 1. The smallest absolute Gasteiger partial charge is 0.304 e. The third-order valence-corrected chi connectivity index (χ3v) is 6.67. The molecule has 1 aliphatic carbocycles. The first-order valence-electron chi connectivity index (χ1n) is 11.1. The van der Waals surface area contributed by atoms with E-state index in [0.717, 1.165) is 38.9 Å². The molecule has 0 amide bonds. The molecule has 2 N–H and O–H groups in total. The van der Waals surface area contributed by atoms with E-state index in [1.54, 1.807) is 12.1 Å². The van der Waals surface area contributed by atoms with Crippen molar-refractivity contribution in [2.24, 2.45) is 5.41 Å². The Balaban J connectivity index is 1.34. The van der Waals surface area contributed by atoms with Crippen LogP contribution >= 0.6 is 0 Å². The normalized spacial score (nSPS) is 22.7. The minimum Gasteiger partial charge on any atom is -0.493 e. The molecule has 31 heavy (non-hydrogen) atoms. The highest BCUT2D eigenvalue weighted by molar-refractivity contribution is 5.66. The lowest BCUT2D eigenvalue weighted by molar-refractivity contribution is -0.137. The monoisotopic (exact) mass is 426 g/mol. The Morgan fingerprint density at radius 2 is 1.84 bits per heavy atom. The fourth-order valence-electron chi connectivity index (χ4n) is 4.48. The second-order valence-corrected chi connectivity index (χ2v) is 8.97. The molecule has 2 aromatic carbocycles. The lowest BCUT2D eigenvalue weighted by Gasteiger charge is -2.41. The van der Waals surface area contributed by atoms with E-state index in [9.17, 15) is 9.18 Å². The van der Waals surface area contributed by atoms with Gasteiger partial charge >= 0.3 is 5.97 Å². The first-order valence-corrected chi connectivity index (χ1v) is 11.1. The van der Waals surface area contributed by atoms with E-state index in [2.05, 4.69) is 34.5 Å². The summed E-state index contributed by atoms with van der Waals surface area (Å²) in [5.41, 5.74) is 1.37. The summed E-state index contributed by atoms with van der Waals surface area (Å²) in [5, 5.41) is 12.7. The fourth-order valence-corrected chi connectivity index (χ4v) is 4.48. The number of likely N-dealkylation sites (tertiary alicyclic amines) is 1. The van der Waals surface area contributed by atoms with Crippen LogP contribution in [-0.2, 0) is 4.79 Å². The van der Waals surface area contributed by atoms with Crippen molar-refractivity contribution < 1.29 is 19.0 Å². The van der Waals surface area contributed by atoms with Gasteiger partial charge in [0, 0.05) is 30.5 Å². The number of carboxylic acid groups (broad SMARTS) is 1. The van der Waals surface area contributed by atoms with Crippen LogP contribution in [0.1, 0.15) is 37.2 Å². The molecule has 1 saturated carbocycles. The summed E-state index contributed by atoms with van der Waals surface area (Å²) < 4.78 is 19.3. The second kappa shape index (κ2) is 9.79. The molecule has 0 radical (unpaired) electrons. The molecule has 0 spiro atoms. The van der Waals surface area contributed by atoms with E-state index >= 15 is 0 Å². The molecule has 2 atom stereocenters. The number of hydrogen-bond acceptors (Lipinski definition) is 4. The Hall–Kier alpha value is -2.44. The number of carboxylic acids is 1. The molecular weight excluding hydrogens is 395 g/mol. The van der Waals surface area contributed by atoms with E-state index < -0.39 is 5.97 Å². The van der Waals surface area contributed by atoms with Crippen LogP contribution in [0.15, 0.2) is 54.6 Å². The number of nitrogens with zero attached hydrogens (tertiary/aromatic N) is 1. The van der Waals surface area contributed by atoms with Crippen molar-refractivity contribution in [3.63, 3.8) is 0 Å². The van der Waals surface area contributed by atoms with Gasteiger partial charge in [0.1, 0.15) is 11.6 Å². The van der Waals surface area contributed by atoms with Crippen molar-refractivity contribution in [1.82, 2.24) is 10.2 Å². The Morgan fingerprint density at radius 3 is 2.52 bits per heavy atom. The van der Waals surface area contributed by atoms with Gasteiger partial charge in [-0.2, -0.15) is 0 Å². The van der Waals surface area contributed by atoms with Crippen molar-refractivity contribution in [3.05, 3.63) is 66.0 Å². The average Bonchev–Trinajstić information content (AvgIpc) is 3.57. The van der Waals surface area contributed by atoms with Crippen LogP contribution < -0.4 is 10.1 Å². The molecule has 4 rings (SSSR count). The van der Waals surface area contributed by atoms with E-state index in [-0.39, 0.29) is 17.7 Å². The molecule has 166 valence electrons. The Kier molecular flexibility index (Phi) is 6.88. The maximum atomic E-state index is 13.2. The molecule has 0 aromatic heterocycles. The minimum atomic E-state index is -0.751. The van der Waals surface area contributed by atoms with Crippen molar-refractivity contribution in [1.29, 1.82) is 0 Å².